The number of halogens is 1. The van der Waals surface area contributed by atoms with Crippen molar-refractivity contribution in [2.75, 3.05) is 11.1 Å². The molecule has 0 atom stereocenters. The summed E-state index contributed by atoms with van der Waals surface area (Å²) in [6, 6.07) is 14.6. The van der Waals surface area contributed by atoms with Crippen LogP contribution in [0.5, 0.6) is 0 Å². The van der Waals surface area contributed by atoms with Crippen molar-refractivity contribution in [3.05, 3.63) is 70.7 Å². The molecule has 0 aliphatic heterocycles. The second-order valence-electron chi connectivity index (χ2n) is 4.98. The third-order valence-electron chi connectivity index (χ3n) is 3.23. The summed E-state index contributed by atoms with van der Waals surface area (Å²) in [5.41, 5.74) is 7.91. The Morgan fingerprint density at radius 1 is 1.17 bits per heavy atom. The van der Waals surface area contributed by atoms with Gasteiger partial charge in [-0.25, -0.2) is 4.98 Å². The molecule has 4 nitrogen and oxygen atoms in total. The SMILES string of the molecule is Nc1ccccc1NC(=O)/C=C/c1cnc(-c2ccc(Cl)cc2)s1. The summed E-state index contributed by atoms with van der Waals surface area (Å²) < 4.78 is 0. The molecule has 6 heteroatoms. The average Bonchev–Trinajstić information content (AvgIpc) is 3.05. The molecule has 3 N–H and O–H groups in total. The second kappa shape index (κ2) is 7.29. The number of nitrogen functional groups attached to an aromatic ring is 1. The van der Waals surface area contributed by atoms with Gasteiger partial charge in [0.15, 0.2) is 0 Å². The number of nitrogens with two attached hydrogens (primary N) is 1. The number of carbonyl (C=O) groups excluding carboxylic acids is 1. The third-order valence-corrected chi connectivity index (χ3v) is 4.50. The number of rotatable bonds is 4. The van der Waals surface area contributed by atoms with E-state index in [1.807, 2.05) is 36.4 Å². The van der Waals surface area contributed by atoms with E-state index in [9.17, 15) is 4.79 Å². The number of amides is 1. The standard InChI is InChI=1S/C18H14ClN3OS/c19-13-7-5-12(6-8-13)18-21-11-14(24-18)9-10-17(23)22-16-4-2-1-3-15(16)20/h1-11H,20H2,(H,22,23)/b10-9+. The largest absolute Gasteiger partial charge is 0.397 e. The molecule has 0 spiro atoms. The normalized spacial score (nSPS) is 10.9. The maximum Gasteiger partial charge on any atom is 0.248 e. The first kappa shape index (κ1) is 16.2. The molecule has 1 heterocycles. The van der Waals surface area contributed by atoms with Crippen molar-refractivity contribution in [2.24, 2.45) is 0 Å². The fourth-order valence-electron chi connectivity index (χ4n) is 2.03. The molecule has 0 saturated heterocycles. The first-order valence-corrected chi connectivity index (χ1v) is 8.36. The third kappa shape index (κ3) is 4.01. The minimum Gasteiger partial charge on any atom is -0.397 e. The van der Waals surface area contributed by atoms with Crippen molar-refractivity contribution in [3.8, 4) is 10.6 Å². The van der Waals surface area contributed by atoms with E-state index in [0.717, 1.165) is 15.4 Å². The molecule has 0 aliphatic rings. The maximum atomic E-state index is 12.0. The average molecular weight is 356 g/mol. The van der Waals surface area contributed by atoms with Crippen LogP contribution in [-0.4, -0.2) is 10.9 Å². The predicted octanol–water partition coefficient (Wildman–Crippen LogP) is 4.70. The summed E-state index contributed by atoms with van der Waals surface area (Å²) in [4.78, 5) is 17.2. The van der Waals surface area contributed by atoms with E-state index in [4.69, 9.17) is 17.3 Å². The fraction of sp³-hybridized carbons (Fsp3) is 0. The molecule has 0 fully saturated rings. The molecule has 0 unspecified atom stereocenters. The van der Waals surface area contributed by atoms with Gasteiger partial charge in [-0.05, 0) is 30.3 Å². The number of anilines is 2. The summed E-state index contributed by atoms with van der Waals surface area (Å²) in [5, 5.41) is 4.31. The molecule has 2 aromatic carbocycles. The van der Waals surface area contributed by atoms with Crippen LogP contribution in [0.1, 0.15) is 4.88 Å². The quantitative estimate of drug-likeness (QED) is 0.526. The molecular formula is C18H14ClN3OS. The van der Waals surface area contributed by atoms with E-state index in [2.05, 4.69) is 10.3 Å². The molecule has 3 rings (SSSR count). The number of nitrogens with zero attached hydrogens (tertiary/aromatic N) is 1. The minimum atomic E-state index is -0.241. The van der Waals surface area contributed by atoms with Crippen LogP contribution in [0.3, 0.4) is 0 Å². The number of aromatic nitrogens is 1. The molecule has 3 aromatic rings. The van der Waals surface area contributed by atoms with Gasteiger partial charge in [-0.1, -0.05) is 35.9 Å². The van der Waals surface area contributed by atoms with Gasteiger partial charge in [0, 0.05) is 27.7 Å². The van der Waals surface area contributed by atoms with Crippen molar-refractivity contribution in [3.63, 3.8) is 0 Å². The van der Waals surface area contributed by atoms with Gasteiger partial charge in [0.25, 0.3) is 0 Å². The van der Waals surface area contributed by atoms with Gasteiger partial charge in [0.2, 0.25) is 5.91 Å². The van der Waals surface area contributed by atoms with E-state index < -0.39 is 0 Å². The molecule has 1 amide bonds. The lowest BCUT2D eigenvalue weighted by atomic mass is 10.2. The van der Waals surface area contributed by atoms with Crippen molar-refractivity contribution in [1.82, 2.24) is 4.98 Å². The lowest BCUT2D eigenvalue weighted by Gasteiger charge is -2.04. The highest BCUT2D eigenvalue weighted by Crippen LogP contribution is 2.27. The Labute approximate surface area is 148 Å². The van der Waals surface area contributed by atoms with Crippen molar-refractivity contribution >= 4 is 46.3 Å². The molecule has 0 bridgehead atoms. The number of hydrogen-bond donors (Lipinski definition) is 2. The van der Waals surface area contributed by atoms with E-state index in [1.54, 1.807) is 24.4 Å². The topological polar surface area (TPSA) is 68.0 Å². The van der Waals surface area contributed by atoms with E-state index in [0.29, 0.717) is 16.4 Å². The molecule has 0 radical (unpaired) electrons. The summed E-state index contributed by atoms with van der Waals surface area (Å²) in [5.74, 6) is -0.241. The monoisotopic (exact) mass is 355 g/mol. The zero-order valence-corrected chi connectivity index (χ0v) is 14.1. The molecule has 1 aromatic heterocycles. The van der Waals surface area contributed by atoms with Gasteiger partial charge < -0.3 is 11.1 Å². The Morgan fingerprint density at radius 2 is 1.92 bits per heavy atom. The van der Waals surface area contributed by atoms with Crippen LogP contribution < -0.4 is 11.1 Å². The highest BCUT2D eigenvalue weighted by atomic mass is 35.5. The second-order valence-corrected chi connectivity index (χ2v) is 6.48. The fourth-order valence-corrected chi connectivity index (χ4v) is 2.98. The zero-order chi connectivity index (χ0) is 16.9. The van der Waals surface area contributed by atoms with Gasteiger partial charge in [0.1, 0.15) is 5.01 Å². The van der Waals surface area contributed by atoms with Crippen molar-refractivity contribution in [2.45, 2.75) is 0 Å². The Morgan fingerprint density at radius 3 is 2.67 bits per heavy atom. The van der Waals surface area contributed by atoms with Gasteiger partial charge in [-0.3, -0.25) is 4.79 Å². The van der Waals surface area contributed by atoms with Crippen LogP contribution in [0.4, 0.5) is 11.4 Å². The van der Waals surface area contributed by atoms with E-state index >= 15 is 0 Å². The predicted molar refractivity (Wildman–Crippen MR) is 101 cm³/mol. The number of hydrogen-bond acceptors (Lipinski definition) is 4. The van der Waals surface area contributed by atoms with Gasteiger partial charge >= 0.3 is 0 Å². The molecule has 24 heavy (non-hydrogen) atoms. The number of benzene rings is 2. The highest BCUT2D eigenvalue weighted by molar-refractivity contribution is 7.15. The molecular weight excluding hydrogens is 342 g/mol. The Bertz CT molecular complexity index is 887. The molecule has 0 saturated carbocycles. The van der Waals surface area contributed by atoms with Crippen molar-refractivity contribution < 1.29 is 4.79 Å². The van der Waals surface area contributed by atoms with Crippen LogP contribution >= 0.6 is 22.9 Å². The summed E-state index contributed by atoms with van der Waals surface area (Å²) in [6.45, 7) is 0. The Kier molecular flexibility index (Phi) is 4.93. The number of para-hydroxylation sites is 2. The molecule has 0 aliphatic carbocycles. The van der Waals surface area contributed by atoms with Crippen LogP contribution in [0.2, 0.25) is 5.02 Å². The summed E-state index contributed by atoms with van der Waals surface area (Å²) in [6.07, 6.45) is 4.92. The lowest BCUT2D eigenvalue weighted by molar-refractivity contribution is -0.111. The van der Waals surface area contributed by atoms with Crippen LogP contribution in [-0.2, 0) is 4.79 Å². The first-order valence-electron chi connectivity index (χ1n) is 7.17. The van der Waals surface area contributed by atoms with Crippen LogP contribution in [0, 0.1) is 0 Å². The van der Waals surface area contributed by atoms with Gasteiger partial charge in [-0.2, -0.15) is 0 Å². The number of thiazole rings is 1. The Hall–Kier alpha value is -2.63. The van der Waals surface area contributed by atoms with E-state index in [-0.39, 0.29) is 5.91 Å². The van der Waals surface area contributed by atoms with Crippen LogP contribution in [0.25, 0.3) is 16.6 Å². The smallest absolute Gasteiger partial charge is 0.248 e. The number of nitrogens with one attached hydrogen (secondary N) is 1. The minimum absolute atomic E-state index is 0.241. The van der Waals surface area contributed by atoms with Gasteiger partial charge in [-0.15, -0.1) is 11.3 Å². The van der Waals surface area contributed by atoms with E-state index in [1.165, 1.54) is 17.4 Å². The summed E-state index contributed by atoms with van der Waals surface area (Å²) >= 11 is 7.38. The maximum absolute atomic E-state index is 12.0. The van der Waals surface area contributed by atoms with Crippen LogP contribution in [0.15, 0.2) is 60.8 Å². The number of carbonyl (C=O) groups is 1. The Balaban J connectivity index is 1.68. The zero-order valence-electron chi connectivity index (χ0n) is 12.6. The lowest BCUT2D eigenvalue weighted by Crippen LogP contribution is -2.09. The first-order chi connectivity index (χ1) is 11.6. The molecule has 120 valence electrons. The van der Waals surface area contributed by atoms with Crippen molar-refractivity contribution in [1.29, 1.82) is 0 Å². The summed E-state index contributed by atoms with van der Waals surface area (Å²) in [7, 11) is 0. The van der Waals surface area contributed by atoms with Gasteiger partial charge in [0.05, 0.1) is 11.4 Å². The highest BCUT2D eigenvalue weighted by Gasteiger charge is 2.04.